The van der Waals surface area contributed by atoms with Gasteiger partial charge >= 0.3 is 17.9 Å². The minimum absolute atomic E-state index is 0.0999. The molecule has 0 aromatic heterocycles. The number of allylic oxidation sites excluding steroid dienone is 14. The molecule has 0 aliphatic rings. The Morgan fingerprint density at radius 2 is 0.621 bits per heavy atom. The average Bonchev–Trinajstić information content (AvgIpc) is 3.31. The van der Waals surface area contributed by atoms with E-state index in [1.54, 1.807) is 0 Å². The Morgan fingerprint density at radius 1 is 0.318 bits per heavy atom. The fourth-order valence-corrected chi connectivity index (χ4v) is 7.52. The van der Waals surface area contributed by atoms with Gasteiger partial charge in [-0.1, -0.05) is 241 Å². The van der Waals surface area contributed by atoms with Crippen LogP contribution in [-0.2, 0) is 28.6 Å². The molecule has 1 unspecified atom stereocenters. The number of rotatable bonds is 49. The molecule has 0 rings (SSSR count). The quantitative estimate of drug-likeness (QED) is 0.0262. The average molecular weight is 919 g/mol. The lowest BCUT2D eigenvalue weighted by molar-refractivity contribution is -0.166. The van der Waals surface area contributed by atoms with Crippen molar-refractivity contribution in [3.63, 3.8) is 0 Å². The third-order valence-corrected chi connectivity index (χ3v) is 11.6. The zero-order valence-electron chi connectivity index (χ0n) is 43.2. The normalized spacial score (nSPS) is 12.7. The van der Waals surface area contributed by atoms with E-state index in [2.05, 4.69) is 99.8 Å². The maximum atomic E-state index is 12.8. The third kappa shape index (κ3) is 51.6. The molecule has 0 N–H and O–H groups in total. The van der Waals surface area contributed by atoms with Crippen molar-refractivity contribution in [3.05, 3.63) is 85.1 Å². The van der Waals surface area contributed by atoms with Crippen LogP contribution in [0.4, 0.5) is 0 Å². The standard InChI is InChI=1S/C60H102O6/c1-4-7-10-13-16-19-22-24-26-28-30-32-33-35-38-41-44-47-50-53-59(62)65-56-57(55-64-58(61)52-49-46-43-40-37-21-18-15-12-9-6-3)66-60(63)54-51-48-45-42-39-36-34-31-29-27-25-23-20-17-14-11-8-5-2/h7,10,16,19,24,26-27,29-30,32,35,38,44,47,57H,4-6,8-9,11-15,17-18,20-23,25,28,31,33-34,36-37,39-43,45-46,48-56H2,1-3H3/b10-7-,19-16-,26-24-,29-27-,32-30-,38-35-,47-44-. The Balaban J connectivity index is 4.46. The lowest BCUT2D eigenvalue weighted by atomic mass is 10.1. The van der Waals surface area contributed by atoms with Crippen molar-refractivity contribution in [2.75, 3.05) is 13.2 Å². The summed E-state index contributed by atoms with van der Waals surface area (Å²) in [5, 5.41) is 0. The largest absolute Gasteiger partial charge is 0.462 e. The number of hydrogen-bond acceptors (Lipinski definition) is 6. The van der Waals surface area contributed by atoms with E-state index in [9.17, 15) is 14.4 Å². The van der Waals surface area contributed by atoms with Gasteiger partial charge in [-0.05, 0) is 83.5 Å². The smallest absolute Gasteiger partial charge is 0.306 e. The summed E-state index contributed by atoms with van der Waals surface area (Å²) in [5.74, 6) is -0.989. The lowest BCUT2D eigenvalue weighted by Crippen LogP contribution is -2.30. The van der Waals surface area contributed by atoms with Crippen molar-refractivity contribution >= 4 is 17.9 Å². The number of hydrogen-bond donors (Lipinski definition) is 0. The fourth-order valence-electron chi connectivity index (χ4n) is 7.52. The zero-order chi connectivity index (χ0) is 47.9. The number of unbranched alkanes of at least 4 members (excludes halogenated alkanes) is 24. The van der Waals surface area contributed by atoms with Crippen molar-refractivity contribution in [3.8, 4) is 0 Å². The molecule has 0 heterocycles. The van der Waals surface area contributed by atoms with E-state index < -0.39 is 6.10 Å². The molecule has 0 aliphatic heterocycles. The van der Waals surface area contributed by atoms with Crippen LogP contribution in [-0.4, -0.2) is 37.2 Å². The van der Waals surface area contributed by atoms with E-state index in [1.807, 2.05) is 6.08 Å². The lowest BCUT2D eigenvalue weighted by Gasteiger charge is -2.18. The highest BCUT2D eigenvalue weighted by atomic mass is 16.6. The Morgan fingerprint density at radius 3 is 1.02 bits per heavy atom. The molecule has 0 spiro atoms. The molecule has 1 atom stereocenters. The molecule has 6 heteroatoms. The van der Waals surface area contributed by atoms with Gasteiger partial charge in [0.05, 0.1) is 0 Å². The maximum absolute atomic E-state index is 12.8. The highest BCUT2D eigenvalue weighted by Gasteiger charge is 2.19. The van der Waals surface area contributed by atoms with Gasteiger partial charge in [0, 0.05) is 19.3 Å². The summed E-state index contributed by atoms with van der Waals surface area (Å²) in [7, 11) is 0. The molecule has 0 aromatic rings. The summed E-state index contributed by atoms with van der Waals surface area (Å²) in [6, 6.07) is 0. The van der Waals surface area contributed by atoms with Crippen molar-refractivity contribution in [1.82, 2.24) is 0 Å². The molecule has 0 saturated carbocycles. The molecule has 0 saturated heterocycles. The number of carbonyl (C=O) groups excluding carboxylic acids is 3. The molecule has 6 nitrogen and oxygen atoms in total. The minimum Gasteiger partial charge on any atom is -0.462 e. The van der Waals surface area contributed by atoms with Crippen LogP contribution in [0.15, 0.2) is 85.1 Å². The van der Waals surface area contributed by atoms with Crippen LogP contribution in [0.3, 0.4) is 0 Å². The first-order chi connectivity index (χ1) is 32.5. The Hall–Kier alpha value is -3.41. The maximum Gasteiger partial charge on any atom is 0.306 e. The second-order valence-corrected chi connectivity index (χ2v) is 18.1. The first-order valence-electron chi connectivity index (χ1n) is 27.6. The van der Waals surface area contributed by atoms with Crippen LogP contribution in [0.1, 0.15) is 258 Å². The van der Waals surface area contributed by atoms with Gasteiger partial charge in [0.25, 0.3) is 0 Å². The minimum atomic E-state index is -0.807. The van der Waals surface area contributed by atoms with Gasteiger partial charge in [-0.15, -0.1) is 0 Å². The van der Waals surface area contributed by atoms with Gasteiger partial charge < -0.3 is 14.2 Å². The van der Waals surface area contributed by atoms with Crippen LogP contribution < -0.4 is 0 Å². The van der Waals surface area contributed by atoms with E-state index in [0.717, 1.165) is 77.0 Å². The molecule has 0 aliphatic carbocycles. The number of ether oxygens (including phenoxy) is 3. The van der Waals surface area contributed by atoms with Crippen molar-refractivity contribution in [1.29, 1.82) is 0 Å². The van der Waals surface area contributed by atoms with Gasteiger partial charge in [-0.2, -0.15) is 0 Å². The van der Waals surface area contributed by atoms with Crippen molar-refractivity contribution in [2.24, 2.45) is 0 Å². The second-order valence-electron chi connectivity index (χ2n) is 18.1. The first-order valence-corrected chi connectivity index (χ1v) is 27.6. The van der Waals surface area contributed by atoms with Crippen LogP contribution in [0.5, 0.6) is 0 Å². The van der Waals surface area contributed by atoms with E-state index in [4.69, 9.17) is 14.2 Å². The summed E-state index contributed by atoms with van der Waals surface area (Å²) in [4.78, 5) is 38.0. The van der Waals surface area contributed by atoms with Gasteiger partial charge in [-0.3, -0.25) is 14.4 Å². The molecule has 378 valence electrons. The molecule has 0 fully saturated rings. The molecular formula is C60H102O6. The van der Waals surface area contributed by atoms with Gasteiger partial charge in [-0.25, -0.2) is 0 Å². The predicted octanol–water partition coefficient (Wildman–Crippen LogP) is 18.4. The van der Waals surface area contributed by atoms with Gasteiger partial charge in [0.1, 0.15) is 13.2 Å². The van der Waals surface area contributed by atoms with Gasteiger partial charge in [0.15, 0.2) is 6.10 Å². The Bertz CT molecular complexity index is 1290. The summed E-state index contributed by atoms with van der Waals surface area (Å²) in [5.41, 5.74) is 0. The molecule has 66 heavy (non-hydrogen) atoms. The second kappa shape index (κ2) is 54.2. The summed E-state index contributed by atoms with van der Waals surface area (Å²) in [6.45, 7) is 6.46. The van der Waals surface area contributed by atoms with E-state index >= 15 is 0 Å². The fraction of sp³-hybridized carbons (Fsp3) is 0.717. The topological polar surface area (TPSA) is 78.9 Å². The van der Waals surface area contributed by atoms with Crippen molar-refractivity contribution in [2.45, 2.75) is 264 Å². The van der Waals surface area contributed by atoms with E-state index in [-0.39, 0.29) is 37.5 Å². The van der Waals surface area contributed by atoms with E-state index in [1.165, 1.54) is 135 Å². The molecule has 0 amide bonds. The highest BCUT2D eigenvalue weighted by Crippen LogP contribution is 2.15. The van der Waals surface area contributed by atoms with Gasteiger partial charge in [0.2, 0.25) is 0 Å². The first kappa shape index (κ1) is 62.6. The zero-order valence-corrected chi connectivity index (χ0v) is 43.2. The molecule has 0 aromatic carbocycles. The Labute approximate surface area is 407 Å². The number of esters is 3. The highest BCUT2D eigenvalue weighted by molar-refractivity contribution is 5.71. The summed E-state index contributed by atoms with van der Waals surface area (Å²) >= 11 is 0. The number of carbonyl (C=O) groups is 3. The van der Waals surface area contributed by atoms with E-state index in [0.29, 0.717) is 19.3 Å². The summed E-state index contributed by atoms with van der Waals surface area (Å²) < 4.78 is 16.8. The van der Waals surface area contributed by atoms with Crippen LogP contribution >= 0.6 is 0 Å². The van der Waals surface area contributed by atoms with Crippen molar-refractivity contribution < 1.29 is 28.6 Å². The van der Waals surface area contributed by atoms with Crippen LogP contribution in [0, 0.1) is 0 Å². The van der Waals surface area contributed by atoms with Crippen LogP contribution in [0.25, 0.3) is 0 Å². The Kier molecular flexibility index (Phi) is 51.4. The molecule has 0 bridgehead atoms. The summed E-state index contributed by atoms with van der Waals surface area (Å²) in [6.07, 6.45) is 70.1. The predicted molar refractivity (Wildman–Crippen MR) is 284 cm³/mol. The third-order valence-electron chi connectivity index (χ3n) is 11.6. The SMILES string of the molecule is CC/C=C\C/C=C\C/C=C\C/C=C\C/C=C\C/C=C\CCC(=O)OCC(COC(=O)CCCCCCCCCCCCC)OC(=O)CCCCCCCCC/C=C\CCCCCCCCC. The molecule has 0 radical (unpaired) electrons. The monoisotopic (exact) mass is 919 g/mol. The van der Waals surface area contributed by atoms with Crippen LogP contribution in [0.2, 0.25) is 0 Å². The molecular weight excluding hydrogens is 817 g/mol.